The number of fused-ring (bicyclic) bond motifs is 1. The minimum Gasteiger partial charge on any atom is -0.379 e. The fraction of sp³-hybridized carbons (Fsp3) is 0.609. The van der Waals surface area contributed by atoms with Crippen molar-refractivity contribution in [1.82, 2.24) is 15.3 Å². The van der Waals surface area contributed by atoms with Crippen LogP contribution in [0.3, 0.4) is 0 Å². The summed E-state index contributed by atoms with van der Waals surface area (Å²) >= 11 is 0. The summed E-state index contributed by atoms with van der Waals surface area (Å²) in [5, 5.41) is 9.47. The molecule has 176 valence electrons. The third-order valence-electron chi connectivity index (χ3n) is 6.35. The summed E-state index contributed by atoms with van der Waals surface area (Å²) in [5.41, 5.74) is 7.09. The Morgan fingerprint density at radius 1 is 1.28 bits per heavy atom. The van der Waals surface area contributed by atoms with Gasteiger partial charge in [0, 0.05) is 31.0 Å². The van der Waals surface area contributed by atoms with Crippen LogP contribution in [0.2, 0.25) is 0 Å². The van der Waals surface area contributed by atoms with Crippen LogP contribution in [0.25, 0.3) is 0 Å². The van der Waals surface area contributed by atoms with Crippen LogP contribution >= 0.6 is 0 Å². The predicted molar refractivity (Wildman–Crippen MR) is 117 cm³/mol. The van der Waals surface area contributed by atoms with Gasteiger partial charge in [-0.15, -0.1) is 0 Å². The smallest absolute Gasteiger partial charge is 0.289 e. The maximum absolute atomic E-state index is 13.7. The fourth-order valence-corrected chi connectivity index (χ4v) is 4.44. The summed E-state index contributed by atoms with van der Waals surface area (Å²) in [6.07, 6.45) is 1.53. The van der Waals surface area contributed by atoms with Crippen LogP contribution < -0.4 is 11.2 Å². The highest BCUT2D eigenvalue weighted by atomic mass is 16.5. The molecule has 0 aliphatic carbocycles. The lowest BCUT2D eigenvalue weighted by atomic mass is 9.90. The molecule has 0 spiro atoms. The van der Waals surface area contributed by atoms with Crippen LogP contribution in [-0.4, -0.2) is 65.6 Å². The average molecular weight is 447 g/mol. The van der Waals surface area contributed by atoms with E-state index in [1.54, 1.807) is 17.6 Å². The van der Waals surface area contributed by atoms with E-state index >= 15 is 0 Å². The van der Waals surface area contributed by atoms with Gasteiger partial charge < -0.3 is 4.74 Å². The van der Waals surface area contributed by atoms with Gasteiger partial charge in [-0.25, -0.2) is 10.4 Å². The van der Waals surface area contributed by atoms with E-state index in [4.69, 9.17) is 10.5 Å². The summed E-state index contributed by atoms with van der Waals surface area (Å²) in [4.78, 5) is 43.0. The van der Waals surface area contributed by atoms with Crippen molar-refractivity contribution in [1.29, 1.82) is 0 Å². The minimum absolute atomic E-state index is 0.0828. The quantitative estimate of drug-likeness (QED) is 0.421. The number of nitrogens with two attached hydrogens (primary N) is 1. The zero-order valence-corrected chi connectivity index (χ0v) is 18.9. The van der Waals surface area contributed by atoms with Crippen molar-refractivity contribution in [3.05, 3.63) is 35.4 Å². The van der Waals surface area contributed by atoms with Crippen molar-refractivity contribution in [2.24, 2.45) is 17.6 Å². The maximum Gasteiger partial charge on any atom is 0.289 e. The van der Waals surface area contributed by atoms with Gasteiger partial charge in [-0.3, -0.25) is 30.2 Å². The number of hydrogen-bond acceptors (Lipinski definition) is 7. The summed E-state index contributed by atoms with van der Waals surface area (Å²) in [6.45, 7) is 7.54. The molecule has 3 amide bonds. The summed E-state index contributed by atoms with van der Waals surface area (Å²) in [5.74, 6) is -2.27. The first kappa shape index (κ1) is 24.3. The summed E-state index contributed by atoms with van der Waals surface area (Å²) < 4.78 is 5.39. The number of ether oxygens (including phenoxy) is 1. The number of nitrogens with one attached hydrogen (secondary N) is 1. The van der Waals surface area contributed by atoms with E-state index in [0.29, 0.717) is 44.6 Å². The Morgan fingerprint density at radius 2 is 1.97 bits per heavy atom. The molecule has 2 atom stereocenters. The van der Waals surface area contributed by atoms with Gasteiger partial charge in [-0.1, -0.05) is 38.1 Å². The van der Waals surface area contributed by atoms with E-state index in [0.717, 1.165) is 23.6 Å². The van der Waals surface area contributed by atoms with Gasteiger partial charge in [-0.2, -0.15) is 0 Å². The van der Waals surface area contributed by atoms with Gasteiger partial charge in [0.15, 0.2) is 0 Å². The molecule has 2 aliphatic rings. The van der Waals surface area contributed by atoms with E-state index < -0.39 is 29.3 Å². The number of nitrogens with zero attached hydrogens (tertiary/aromatic N) is 2. The fourth-order valence-electron chi connectivity index (χ4n) is 4.44. The highest BCUT2D eigenvalue weighted by Gasteiger charge is 2.52. The Balaban J connectivity index is 1.99. The molecule has 1 fully saturated rings. The molecule has 1 aromatic rings. The van der Waals surface area contributed by atoms with Crippen LogP contribution in [0, 0.1) is 11.8 Å². The first-order valence-electron chi connectivity index (χ1n) is 11.3. The van der Waals surface area contributed by atoms with Crippen molar-refractivity contribution in [2.75, 3.05) is 32.8 Å². The van der Waals surface area contributed by atoms with E-state index in [1.807, 2.05) is 26.0 Å². The molecule has 0 aromatic heterocycles. The minimum atomic E-state index is -2.12. The highest BCUT2D eigenvalue weighted by Crippen LogP contribution is 2.35. The van der Waals surface area contributed by atoms with Crippen LogP contribution in [-0.2, 0) is 31.2 Å². The van der Waals surface area contributed by atoms with Crippen LogP contribution in [0.15, 0.2) is 24.3 Å². The molecule has 0 saturated carbocycles. The standard InChI is InChI=1S/C23H34N4O5/c1-16(2)7-8-20(28)27-21(29)18(9-10-26-11-13-32-14-12-26)15-17-5-3-4-6-19(17)23(27,24)22(30)25-31/h3-6,16,18,31H,7-15,24H2,1-2H3,(H,25,30)/t18?,23-/m1/s1. The van der Waals surface area contributed by atoms with Crippen molar-refractivity contribution in [3.63, 3.8) is 0 Å². The molecule has 4 N–H and O–H groups in total. The first-order valence-corrected chi connectivity index (χ1v) is 11.3. The van der Waals surface area contributed by atoms with E-state index in [2.05, 4.69) is 4.90 Å². The van der Waals surface area contributed by atoms with E-state index in [9.17, 15) is 19.6 Å². The normalized spacial score (nSPS) is 24.2. The topological polar surface area (TPSA) is 125 Å². The molecular formula is C23H34N4O5. The zero-order valence-electron chi connectivity index (χ0n) is 18.9. The maximum atomic E-state index is 13.7. The number of imide groups is 1. The summed E-state index contributed by atoms with van der Waals surface area (Å²) in [6, 6.07) is 6.99. The Bertz CT molecular complexity index is 839. The third kappa shape index (κ3) is 5.01. The molecule has 1 aromatic carbocycles. The van der Waals surface area contributed by atoms with Crippen molar-refractivity contribution in [3.8, 4) is 0 Å². The molecule has 3 rings (SSSR count). The number of carbonyl (C=O) groups is 3. The van der Waals surface area contributed by atoms with E-state index in [-0.39, 0.29) is 12.3 Å². The zero-order chi connectivity index (χ0) is 23.3. The van der Waals surface area contributed by atoms with Gasteiger partial charge in [0.25, 0.3) is 5.91 Å². The number of morpholine rings is 1. The number of benzene rings is 1. The largest absolute Gasteiger partial charge is 0.379 e. The Hall–Kier alpha value is -2.33. The number of carbonyl (C=O) groups excluding carboxylic acids is 3. The van der Waals surface area contributed by atoms with Crippen molar-refractivity contribution in [2.45, 2.75) is 45.2 Å². The molecular weight excluding hydrogens is 412 g/mol. The number of rotatable bonds is 7. The van der Waals surface area contributed by atoms with Crippen LogP contribution in [0.5, 0.6) is 0 Å². The van der Waals surface area contributed by atoms with Gasteiger partial charge in [0.1, 0.15) is 0 Å². The molecule has 2 heterocycles. The Morgan fingerprint density at radius 3 is 2.62 bits per heavy atom. The molecule has 1 saturated heterocycles. The predicted octanol–water partition coefficient (Wildman–Crippen LogP) is 0.990. The van der Waals surface area contributed by atoms with Gasteiger partial charge >= 0.3 is 0 Å². The van der Waals surface area contributed by atoms with Crippen molar-refractivity contribution < 1.29 is 24.3 Å². The SMILES string of the molecule is CC(C)CCC(=O)N1C(=O)C(CCN2CCOCC2)Cc2ccccc2[C@]1(N)C(=O)NO. The second-order valence-corrected chi connectivity index (χ2v) is 9.01. The molecule has 9 nitrogen and oxygen atoms in total. The molecule has 9 heteroatoms. The lowest BCUT2D eigenvalue weighted by Gasteiger charge is -2.38. The number of amides is 3. The number of hydrogen-bond donors (Lipinski definition) is 3. The monoisotopic (exact) mass is 446 g/mol. The average Bonchev–Trinajstić information content (AvgIpc) is 2.89. The number of hydroxylamine groups is 1. The third-order valence-corrected chi connectivity index (χ3v) is 6.35. The lowest BCUT2D eigenvalue weighted by Crippen LogP contribution is -2.65. The lowest BCUT2D eigenvalue weighted by molar-refractivity contribution is -0.164. The molecule has 0 radical (unpaired) electrons. The van der Waals surface area contributed by atoms with E-state index in [1.165, 1.54) is 0 Å². The first-order chi connectivity index (χ1) is 15.3. The molecule has 0 bridgehead atoms. The van der Waals surface area contributed by atoms with Crippen LogP contribution in [0.4, 0.5) is 0 Å². The molecule has 2 aliphatic heterocycles. The Kier molecular flexibility index (Phi) is 8.00. The van der Waals surface area contributed by atoms with Gasteiger partial charge in [-0.05, 0) is 37.3 Å². The van der Waals surface area contributed by atoms with Gasteiger partial charge in [0.05, 0.1) is 13.2 Å². The van der Waals surface area contributed by atoms with Crippen LogP contribution in [0.1, 0.15) is 44.2 Å². The second-order valence-electron chi connectivity index (χ2n) is 9.01. The van der Waals surface area contributed by atoms with Gasteiger partial charge in [0.2, 0.25) is 17.5 Å². The van der Waals surface area contributed by atoms with Crippen molar-refractivity contribution >= 4 is 17.7 Å². The summed E-state index contributed by atoms with van der Waals surface area (Å²) in [7, 11) is 0. The molecule has 1 unspecified atom stereocenters. The Labute approximate surface area is 188 Å². The second kappa shape index (κ2) is 10.5. The molecule has 32 heavy (non-hydrogen) atoms. The highest BCUT2D eigenvalue weighted by molar-refractivity contribution is 6.04.